The van der Waals surface area contributed by atoms with Crippen molar-refractivity contribution in [3.63, 3.8) is 0 Å². The first-order valence-corrected chi connectivity index (χ1v) is 17.8. The summed E-state index contributed by atoms with van der Waals surface area (Å²) in [6.07, 6.45) is -6.13. The lowest BCUT2D eigenvalue weighted by Gasteiger charge is -2.33. The number of H-pyrrole nitrogens is 1. The summed E-state index contributed by atoms with van der Waals surface area (Å²) in [6, 6.07) is 24.3. The van der Waals surface area contributed by atoms with Crippen LogP contribution in [0.2, 0.25) is 0 Å². The Labute approximate surface area is 284 Å². The van der Waals surface area contributed by atoms with E-state index in [-0.39, 0.29) is 23.1 Å². The third-order valence-electron chi connectivity index (χ3n) is 7.91. The predicted octanol–water partition coefficient (Wildman–Crippen LogP) is 6.32. The van der Waals surface area contributed by atoms with E-state index < -0.39 is 55.0 Å². The number of alkyl halides is 3. The predicted molar refractivity (Wildman–Crippen MR) is 175 cm³/mol. The maximum absolute atomic E-state index is 14.2. The largest absolute Gasteiger partial charge is 0.492 e. The molecule has 1 saturated heterocycles. The molecule has 0 bridgehead atoms. The van der Waals surface area contributed by atoms with Gasteiger partial charge in [-0.25, -0.2) is 18.2 Å². The van der Waals surface area contributed by atoms with Gasteiger partial charge in [0.25, 0.3) is 10.0 Å². The first-order chi connectivity index (χ1) is 23.7. The van der Waals surface area contributed by atoms with Crippen molar-refractivity contribution in [2.24, 2.45) is 0 Å². The number of sulfonamides is 1. The number of hydroxylamine groups is 1. The molecule has 0 saturated carbocycles. The molecule has 50 heavy (non-hydrogen) atoms. The molecule has 4 N–H and O–H groups in total. The van der Waals surface area contributed by atoms with Crippen molar-refractivity contribution in [2.75, 3.05) is 0 Å². The van der Waals surface area contributed by atoms with E-state index >= 15 is 0 Å². The third-order valence-corrected chi connectivity index (χ3v) is 11.3. The molecule has 17 heteroatoms. The highest BCUT2D eigenvalue weighted by Crippen LogP contribution is 2.56. The Bertz CT molecular complexity index is 2200. The minimum Gasteiger partial charge on any atom is -0.344 e. The molecule has 12 nitrogen and oxygen atoms in total. The molecule has 4 aromatic carbocycles. The molecule has 0 radical (unpaired) electrons. The number of fused-ring (bicyclic) bond motifs is 1. The zero-order valence-electron chi connectivity index (χ0n) is 25.5. The van der Waals surface area contributed by atoms with Crippen molar-refractivity contribution in [3.05, 3.63) is 120 Å². The number of carbonyl (C=O) groups excluding carboxylic acids is 2. The van der Waals surface area contributed by atoms with Gasteiger partial charge in [-0.2, -0.15) is 18.4 Å². The molecule has 1 aliphatic heterocycles. The number of halogens is 3. The number of nitrogens with zero attached hydrogens (tertiary/aromatic N) is 3. The number of para-hydroxylation sites is 2. The van der Waals surface area contributed by atoms with Crippen LogP contribution in [0, 0.1) is 11.3 Å². The van der Waals surface area contributed by atoms with Crippen LogP contribution in [0.15, 0.2) is 102 Å². The number of nitrogens with one attached hydrogen (secondary N) is 2. The number of aromatic amines is 1. The minimum absolute atomic E-state index is 0.0179. The summed E-state index contributed by atoms with van der Waals surface area (Å²) >= 11 is 0. The van der Waals surface area contributed by atoms with E-state index in [0.29, 0.717) is 38.9 Å². The number of aromatic nitrogens is 2. The van der Waals surface area contributed by atoms with Crippen LogP contribution < -0.4 is 4.72 Å². The number of imidazole rings is 1. The number of hydrogen-bond acceptors (Lipinski definition) is 9. The zero-order valence-corrected chi connectivity index (χ0v) is 27.2. The number of benzene rings is 4. The molecule has 6 rings (SSSR count). The van der Waals surface area contributed by atoms with Gasteiger partial charge in [-0.3, -0.25) is 18.6 Å². The highest BCUT2D eigenvalue weighted by Gasteiger charge is 2.47. The average Bonchev–Trinajstić information content (AvgIpc) is 3.64. The maximum Gasteiger partial charge on any atom is 0.492 e. The van der Waals surface area contributed by atoms with Crippen LogP contribution in [-0.4, -0.2) is 50.0 Å². The molecule has 2 heterocycles. The van der Waals surface area contributed by atoms with Gasteiger partial charge in [0.1, 0.15) is 17.1 Å². The minimum atomic E-state index is -5.57. The van der Waals surface area contributed by atoms with Crippen molar-refractivity contribution in [1.29, 1.82) is 5.26 Å². The lowest BCUT2D eigenvalue weighted by molar-refractivity contribution is -0.227. The van der Waals surface area contributed by atoms with Gasteiger partial charge in [-0.15, -0.1) is 10.8 Å². The van der Waals surface area contributed by atoms with Crippen molar-refractivity contribution < 1.29 is 45.1 Å². The average molecular weight is 726 g/mol. The summed E-state index contributed by atoms with van der Waals surface area (Å²) in [7, 11) is -8.53. The normalized spacial score (nSPS) is 17.2. The van der Waals surface area contributed by atoms with E-state index in [4.69, 9.17) is 0 Å². The Morgan fingerprint density at radius 3 is 2.34 bits per heavy atom. The Kier molecular flexibility index (Phi) is 9.15. The number of amides is 1. The van der Waals surface area contributed by atoms with Gasteiger partial charge in [-0.1, -0.05) is 60.7 Å². The Hall–Kier alpha value is -5.25. The molecule has 1 aliphatic rings. The number of hydrogen-bond donors (Lipinski definition) is 4. The highest BCUT2D eigenvalue weighted by atomic mass is 32.3. The van der Waals surface area contributed by atoms with Crippen LogP contribution in [0.5, 0.6) is 0 Å². The quantitative estimate of drug-likeness (QED) is 0.126. The molecule has 1 amide bonds. The van der Waals surface area contributed by atoms with Crippen molar-refractivity contribution in [1.82, 2.24) is 19.2 Å². The summed E-state index contributed by atoms with van der Waals surface area (Å²) in [5, 5.41) is 8.29. The maximum atomic E-state index is 14.2. The second kappa shape index (κ2) is 13.2. The van der Waals surface area contributed by atoms with Crippen LogP contribution in [-0.2, 0) is 30.9 Å². The molecule has 0 aliphatic carbocycles. The van der Waals surface area contributed by atoms with E-state index in [1.807, 2.05) is 6.07 Å². The summed E-state index contributed by atoms with van der Waals surface area (Å²) < 4.78 is 92.0. The van der Waals surface area contributed by atoms with Gasteiger partial charge < -0.3 is 9.82 Å². The smallest absolute Gasteiger partial charge is 0.344 e. The fourth-order valence-electron chi connectivity index (χ4n) is 5.47. The molecule has 0 spiro atoms. The first-order valence-electron chi connectivity index (χ1n) is 14.7. The van der Waals surface area contributed by atoms with Gasteiger partial charge in [0.2, 0.25) is 5.91 Å². The van der Waals surface area contributed by atoms with E-state index in [0.717, 1.165) is 12.1 Å². The molecule has 2 unspecified atom stereocenters. The number of rotatable bonds is 9. The van der Waals surface area contributed by atoms with Gasteiger partial charge in [0.05, 0.1) is 34.0 Å². The van der Waals surface area contributed by atoms with E-state index in [9.17, 15) is 45.5 Å². The van der Waals surface area contributed by atoms with Crippen LogP contribution in [0.4, 0.5) is 13.2 Å². The first kappa shape index (κ1) is 34.6. The number of carbonyl (C=O) groups is 2. The van der Waals surface area contributed by atoms with Gasteiger partial charge >= 0.3 is 12.1 Å². The van der Waals surface area contributed by atoms with Crippen LogP contribution >= 0.6 is 10.8 Å². The second-order valence-electron chi connectivity index (χ2n) is 11.3. The Morgan fingerprint density at radius 2 is 1.72 bits per heavy atom. The summed E-state index contributed by atoms with van der Waals surface area (Å²) in [4.78, 5) is 35.6. The lowest BCUT2D eigenvalue weighted by Crippen LogP contribution is -2.42. The van der Waals surface area contributed by atoms with Crippen molar-refractivity contribution in [3.8, 4) is 17.2 Å². The molecule has 1 fully saturated rings. The van der Waals surface area contributed by atoms with Gasteiger partial charge in [0, 0.05) is 0 Å². The van der Waals surface area contributed by atoms with Crippen molar-refractivity contribution in [2.45, 2.75) is 35.2 Å². The molecular formula is C33H26F3N5O7S2. The van der Waals surface area contributed by atoms with Gasteiger partial charge in [0.15, 0.2) is 0 Å². The highest BCUT2D eigenvalue weighted by molar-refractivity contribution is 8.23. The second-order valence-corrected chi connectivity index (χ2v) is 15.0. The summed E-state index contributed by atoms with van der Waals surface area (Å²) in [5.41, 5.74) is 2.93. The fraction of sp³-hybridized carbons (Fsp3) is 0.152. The molecule has 1 aromatic heterocycles. The van der Waals surface area contributed by atoms with E-state index in [1.165, 1.54) is 36.4 Å². The van der Waals surface area contributed by atoms with E-state index in [1.54, 1.807) is 48.5 Å². The third kappa shape index (κ3) is 7.06. The standard InChI is InChI=1S/C33H26F3N5O7S2/c34-33(35,36)32(43)48-41(50(46,47)25-14-12-22(13-15-25)24-5-3-4-21(16-24)19-37)28(31-38-26-6-1-2-7-27(26)39-31)17-20-8-10-23(11-9-20)29-18-30(42)40-49(29,44)45/h1-16,28-29,44-45H,17-18H2,(H,38,39)(H,40,42). The monoisotopic (exact) mass is 725 g/mol. The van der Waals surface area contributed by atoms with Gasteiger partial charge in [-0.05, 0) is 69.5 Å². The van der Waals surface area contributed by atoms with Crippen LogP contribution in [0.1, 0.15) is 40.2 Å². The Balaban J connectivity index is 1.42. The van der Waals surface area contributed by atoms with Crippen LogP contribution in [0.3, 0.4) is 0 Å². The zero-order chi connectivity index (χ0) is 35.8. The molecule has 258 valence electrons. The summed E-state index contributed by atoms with van der Waals surface area (Å²) in [6.45, 7) is 0. The molecular weight excluding hydrogens is 700 g/mol. The lowest BCUT2D eigenvalue weighted by atomic mass is 10.0. The molecule has 5 aromatic rings. The fourth-order valence-corrected chi connectivity index (χ4v) is 8.31. The SMILES string of the molecule is N#Cc1cccc(-c2ccc(S(=O)(=O)N(OC(=O)C(F)(F)F)C(Cc3ccc(C4CC(=O)NS4(O)O)cc3)c3nc4ccccc4[nH]3)cc2)c1. The summed E-state index contributed by atoms with van der Waals surface area (Å²) in [5.74, 6) is -3.48. The number of nitriles is 1. The topological polar surface area (TPSA) is 186 Å². The van der Waals surface area contributed by atoms with Crippen molar-refractivity contribution >= 4 is 43.7 Å². The van der Waals surface area contributed by atoms with Crippen LogP contribution in [0.25, 0.3) is 22.2 Å². The van der Waals surface area contributed by atoms with E-state index in [2.05, 4.69) is 19.5 Å². The molecule has 2 atom stereocenters. The Morgan fingerprint density at radius 1 is 1.02 bits per heavy atom.